The summed E-state index contributed by atoms with van der Waals surface area (Å²) in [6.07, 6.45) is 1.32. The van der Waals surface area contributed by atoms with Gasteiger partial charge >= 0.3 is 17.9 Å². The average molecular weight is 256 g/mol. The Morgan fingerprint density at radius 2 is 2.28 bits per heavy atom. The number of esters is 3. The number of carbonyl (C=O) groups excluding carboxylic acids is 3. The second-order valence-corrected chi connectivity index (χ2v) is 3.82. The Hall–Kier alpha value is -1.85. The largest absolute Gasteiger partial charge is 0.465 e. The molecule has 18 heavy (non-hydrogen) atoms. The molecular formula is C12H16O6. The summed E-state index contributed by atoms with van der Waals surface area (Å²) in [4.78, 5) is 34.0. The monoisotopic (exact) mass is 256 g/mol. The number of carbonyl (C=O) groups is 3. The molecule has 1 aliphatic heterocycles. The molecular weight excluding hydrogens is 240 g/mol. The Kier molecular flexibility index (Phi) is 5.35. The maximum Gasteiger partial charge on any atom is 0.348 e. The predicted molar refractivity (Wildman–Crippen MR) is 60.4 cm³/mol. The van der Waals surface area contributed by atoms with Gasteiger partial charge in [-0.25, -0.2) is 9.59 Å². The Morgan fingerprint density at radius 3 is 2.89 bits per heavy atom. The second kappa shape index (κ2) is 6.78. The summed E-state index contributed by atoms with van der Waals surface area (Å²) in [5, 5.41) is 0. The zero-order valence-electron chi connectivity index (χ0n) is 10.2. The van der Waals surface area contributed by atoms with Crippen molar-refractivity contribution in [1.29, 1.82) is 0 Å². The van der Waals surface area contributed by atoms with Gasteiger partial charge in [-0.15, -0.1) is 0 Å². The van der Waals surface area contributed by atoms with Crippen molar-refractivity contribution in [2.45, 2.75) is 25.9 Å². The maximum atomic E-state index is 11.7. The van der Waals surface area contributed by atoms with Gasteiger partial charge in [0, 0.05) is 6.08 Å². The van der Waals surface area contributed by atoms with Crippen LogP contribution in [0.4, 0.5) is 0 Å². The Morgan fingerprint density at radius 1 is 1.56 bits per heavy atom. The molecule has 1 saturated heterocycles. The SMILES string of the molecule is C=CC(=O)OC1C(=O)OCC1C(=O)OCCCC. The van der Waals surface area contributed by atoms with E-state index in [0.29, 0.717) is 0 Å². The molecule has 2 unspecified atom stereocenters. The van der Waals surface area contributed by atoms with Crippen molar-refractivity contribution in [2.75, 3.05) is 13.2 Å². The Balaban J connectivity index is 2.57. The van der Waals surface area contributed by atoms with Crippen LogP contribution in [0, 0.1) is 5.92 Å². The number of hydrogen-bond acceptors (Lipinski definition) is 6. The molecule has 0 aromatic carbocycles. The van der Waals surface area contributed by atoms with Crippen LogP contribution in [0.5, 0.6) is 0 Å². The average Bonchev–Trinajstić information content (AvgIpc) is 2.71. The zero-order chi connectivity index (χ0) is 13.5. The summed E-state index contributed by atoms with van der Waals surface area (Å²) >= 11 is 0. The number of cyclic esters (lactones) is 1. The van der Waals surface area contributed by atoms with E-state index in [1.807, 2.05) is 6.92 Å². The summed E-state index contributed by atoms with van der Waals surface area (Å²) in [6, 6.07) is 0. The standard InChI is InChI=1S/C12H16O6/c1-3-5-6-16-11(14)8-7-17-12(15)10(8)18-9(13)4-2/h4,8,10H,2-3,5-7H2,1H3. The molecule has 2 atom stereocenters. The third-order valence-electron chi connectivity index (χ3n) is 2.46. The minimum absolute atomic E-state index is 0.126. The van der Waals surface area contributed by atoms with E-state index in [1.54, 1.807) is 0 Å². The summed E-state index contributed by atoms with van der Waals surface area (Å²) < 4.78 is 14.5. The molecule has 1 heterocycles. The van der Waals surface area contributed by atoms with Gasteiger partial charge in [0.15, 0.2) is 0 Å². The lowest BCUT2D eigenvalue weighted by molar-refractivity contribution is -0.162. The Labute approximate surface area is 105 Å². The van der Waals surface area contributed by atoms with Crippen LogP contribution in [-0.2, 0) is 28.6 Å². The molecule has 0 amide bonds. The fourth-order valence-electron chi connectivity index (χ4n) is 1.42. The van der Waals surface area contributed by atoms with Gasteiger partial charge in [0.1, 0.15) is 12.5 Å². The quantitative estimate of drug-likeness (QED) is 0.300. The minimum Gasteiger partial charge on any atom is -0.465 e. The fraction of sp³-hybridized carbons (Fsp3) is 0.583. The molecule has 1 aliphatic rings. The Bertz CT molecular complexity index is 348. The van der Waals surface area contributed by atoms with Crippen LogP contribution in [-0.4, -0.2) is 37.2 Å². The molecule has 0 aromatic rings. The van der Waals surface area contributed by atoms with Crippen molar-refractivity contribution >= 4 is 17.9 Å². The molecule has 0 bridgehead atoms. The van der Waals surface area contributed by atoms with Gasteiger partial charge in [0.25, 0.3) is 0 Å². The normalized spacial score (nSPS) is 22.2. The second-order valence-electron chi connectivity index (χ2n) is 3.82. The van der Waals surface area contributed by atoms with Crippen molar-refractivity contribution in [3.8, 4) is 0 Å². The minimum atomic E-state index is -1.23. The molecule has 1 fully saturated rings. The molecule has 0 spiro atoms. The highest BCUT2D eigenvalue weighted by Gasteiger charge is 2.45. The van der Waals surface area contributed by atoms with Gasteiger partial charge in [-0.1, -0.05) is 19.9 Å². The molecule has 0 saturated carbocycles. The number of ether oxygens (including phenoxy) is 3. The molecule has 0 aromatic heterocycles. The van der Waals surface area contributed by atoms with Crippen LogP contribution in [0.3, 0.4) is 0 Å². The highest BCUT2D eigenvalue weighted by Crippen LogP contribution is 2.20. The van der Waals surface area contributed by atoms with Gasteiger partial charge in [0.2, 0.25) is 6.10 Å². The number of hydrogen-bond donors (Lipinski definition) is 0. The van der Waals surface area contributed by atoms with E-state index in [4.69, 9.17) is 14.2 Å². The number of unbranched alkanes of at least 4 members (excludes halogenated alkanes) is 1. The van der Waals surface area contributed by atoms with E-state index in [2.05, 4.69) is 6.58 Å². The highest BCUT2D eigenvalue weighted by atomic mass is 16.6. The topological polar surface area (TPSA) is 78.9 Å². The summed E-state index contributed by atoms with van der Waals surface area (Å²) in [5.74, 6) is -2.98. The van der Waals surface area contributed by atoms with Crippen molar-refractivity contribution in [1.82, 2.24) is 0 Å². The molecule has 100 valence electrons. The van der Waals surface area contributed by atoms with Gasteiger partial charge < -0.3 is 14.2 Å². The van der Waals surface area contributed by atoms with E-state index in [9.17, 15) is 14.4 Å². The molecule has 6 nitrogen and oxygen atoms in total. The van der Waals surface area contributed by atoms with Crippen LogP contribution in [0.15, 0.2) is 12.7 Å². The van der Waals surface area contributed by atoms with Crippen molar-refractivity contribution in [3.63, 3.8) is 0 Å². The van der Waals surface area contributed by atoms with Crippen molar-refractivity contribution < 1.29 is 28.6 Å². The van der Waals surface area contributed by atoms with Gasteiger partial charge in [-0.2, -0.15) is 0 Å². The van der Waals surface area contributed by atoms with E-state index in [1.165, 1.54) is 0 Å². The van der Waals surface area contributed by atoms with E-state index < -0.39 is 29.9 Å². The van der Waals surface area contributed by atoms with Crippen LogP contribution < -0.4 is 0 Å². The first-order valence-corrected chi connectivity index (χ1v) is 5.76. The molecule has 0 radical (unpaired) electrons. The highest BCUT2D eigenvalue weighted by molar-refractivity contribution is 5.90. The van der Waals surface area contributed by atoms with Crippen molar-refractivity contribution in [2.24, 2.45) is 5.92 Å². The summed E-state index contributed by atoms with van der Waals surface area (Å²) in [7, 11) is 0. The first-order chi connectivity index (χ1) is 8.60. The first-order valence-electron chi connectivity index (χ1n) is 5.76. The van der Waals surface area contributed by atoms with Gasteiger partial charge in [0.05, 0.1) is 6.61 Å². The molecule has 0 N–H and O–H groups in total. The zero-order valence-corrected chi connectivity index (χ0v) is 10.2. The third-order valence-corrected chi connectivity index (χ3v) is 2.46. The summed E-state index contributed by atoms with van der Waals surface area (Å²) in [6.45, 7) is 5.33. The lowest BCUT2D eigenvalue weighted by Crippen LogP contribution is -2.34. The molecule has 6 heteroatoms. The molecule has 1 rings (SSSR count). The maximum absolute atomic E-state index is 11.7. The fourth-order valence-corrected chi connectivity index (χ4v) is 1.42. The first kappa shape index (κ1) is 14.2. The van der Waals surface area contributed by atoms with Crippen LogP contribution in [0.1, 0.15) is 19.8 Å². The number of rotatable bonds is 6. The molecule has 0 aliphatic carbocycles. The van der Waals surface area contributed by atoms with Crippen LogP contribution in [0.25, 0.3) is 0 Å². The smallest absolute Gasteiger partial charge is 0.348 e. The van der Waals surface area contributed by atoms with Gasteiger partial charge in [-0.3, -0.25) is 4.79 Å². The summed E-state index contributed by atoms with van der Waals surface area (Å²) in [5.41, 5.74) is 0. The third kappa shape index (κ3) is 3.58. The lowest BCUT2D eigenvalue weighted by Gasteiger charge is -2.14. The van der Waals surface area contributed by atoms with Crippen LogP contribution >= 0.6 is 0 Å². The van der Waals surface area contributed by atoms with E-state index in [0.717, 1.165) is 18.9 Å². The lowest BCUT2D eigenvalue weighted by atomic mass is 10.1. The van der Waals surface area contributed by atoms with Gasteiger partial charge in [-0.05, 0) is 6.42 Å². The van der Waals surface area contributed by atoms with Crippen molar-refractivity contribution in [3.05, 3.63) is 12.7 Å². The van der Waals surface area contributed by atoms with E-state index >= 15 is 0 Å². The van der Waals surface area contributed by atoms with E-state index in [-0.39, 0.29) is 13.2 Å². The predicted octanol–water partition coefficient (Wildman–Crippen LogP) is 0.600. The van der Waals surface area contributed by atoms with Crippen LogP contribution in [0.2, 0.25) is 0 Å².